The Labute approximate surface area is 111 Å². The summed E-state index contributed by atoms with van der Waals surface area (Å²) in [5.74, 6) is 0.163. The SMILES string of the molecule is Cc1ccc(C(=O)CSC(=S)N(C)C)c(O)c1. The first-order valence-electron chi connectivity index (χ1n) is 5.08. The number of aromatic hydroxyl groups is 1. The molecule has 0 bridgehead atoms. The number of nitrogens with zero attached hydrogens (tertiary/aromatic N) is 1. The highest BCUT2D eigenvalue weighted by Crippen LogP contribution is 2.21. The number of Topliss-reactive ketones (excluding diaryl/α,β-unsaturated/α-hetero) is 1. The number of carbonyl (C=O) groups is 1. The van der Waals surface area contributed by atoms with Gasteiger partial charge in [-0.1, -0.05) is 30.0 Å². The Kier molecular flexibility index (Phi) is 4.96. The second-order valence-corrected chi connectivity index (χ2v) is 5.50. The maximum absolute atomic E-state index is 11.8. The molecule has 0 aromatic heterocycles. The number of phenols is 1. The van der Waals surface area contributed by atoms with Gasteiger partial charge in [-0.15, -0.1) is 0 Å². The van der Waals surface area contributed by atoms with E-state index in [1.54, 1.807) is 17.0 Å². The molecule has 3 nitrogen and oxygen atoms in total. The molecule has 0 aliphatic rings. The molecule has 0 fully saturated rings. The summed E-state index contributed by atoms with van der Waals surface area (Å²) in [6.07, 6.45) is 0. The van der Waals surface area contributed by atoms with Crippen molar-refractivity contribution in [2.24, 2.45) is 0 Å². The summed E-state index contributed by atoms with van der Waals surface area (Å²) in [4.78, 5) is 13.6. The largest absolute Gasteiger partial charge is 0.507 e. The molecule has 0 heterocycles. The molecule has 0 amide bonds. The van der Waals surface area contributed by atoms with E-state index >= 15 is 0 Å². The minimum Gasteiger partial charge on any atom is -0.507 e. The summed E-state index contributed by atoms with van der Waals surface area (Å²) in [5, 5.41) is 9.66. The first-order chi connectivity index (χ1) is 7.91. The van der Waals surface area contributed by atoms with Gasteiger partial charge in [-0.25, -0.2) is 0 Å². The van der Waals surface area contributed by atoms with Crippen LogP contribution in [-0.2, 0) is 0 Å². The van der Waals surface area contributed by atoms with E-state index in [0.717, 1.165) is 5.56 Å². The Bertz CT molecular complexity index is 444. The van der Waals surface area contributed by atoms with Gasteiger partial charge >= 0.3 is 0 Å². The summed E-state index contributed by atoms with van der Waals surface area (Å²) in [6, 6.07) is 5.04. The average Bonchev–Trinajstić information content (AvgIpc) is 2.25. The Morgan fingerprint density at radius 1 is 1.47 bits per heavy atom. The van der Waals surface area contributed by atoms with Crippen LogP contribution in [0.3, 0.4) is 0 Å². The van der Waals surface area contributed by atoms with Crippen LogP contribution < -0.4 is 0 Å². The van der Waals surface area contributed by atoms with Gasteiger partial charge in [0.2, 0.25) is 0 Å². The van der Waals surface area contributed by atoms with Crippen LogP contribution in [0, 0.1) is 6.92 Å². The van der Waals surface area contributed by atoms with Gasteiger partial charge in [0.1, 0.15) is 10.1 Å². The van der Waals surface area contributed by atoms with E-state index in [9.17, 15) is 9.90 Å². The minimum atomic E-state index is -0.114. The molecule has 92 valence electrons. The number of rotatable bonds is 3. The summed E-state index contributed by atoms with van der Waals surface area (Å²) in [6.45, 7) is 1.86. The van der Waals surface area contributed by atoms with Crippen molar-refractivity contribution in [3.63, 3.8) is 0 Å². The molecule has 5 heteroatoms. The Morgan fingerprint density at radius 3 is 2.65 bits per heavy atom. The molecule has 0 saturated carbocycles. The number of aryl methyl sites for hydroxylation is 1. The summed E-state index contributed by atoms with van der Waals surface area (Å²) < 4.78 is 0.657. The Morgan fingerprint density at radius 2 is 2.12 bits per heavy atom. The molecule has 0 saturated heterocycles. The van der Waals surface area contributed by atoms with Gasteiger partial charge in [0.15, 0.2) is 5.78 Å². The Hall–Kier alpha value is -1.07. The molecular weight excluding hydrogens is 254 g/mol. The molecule has 17 heavy (non-hydrogen) atoms. The lowest BCUT2D eigenvalue weighted by Crippen LogP contribution is -2.18. The third-order valence-electron chi connectivity index (χ3n) is 2.15. The summed E-state index contributed by atoms with van der Waals surface area (Å²) in [5.41, 5.74) is 1.28. The topological polar surface area (TPSA) is 40.5 Å². The number of thiocarbonyl (C=S) groups is 1. The van der Waals surface area contributed by atoms with Crippen LogP contribution in [0.5, 0.6) is 5.75 Å². The fourth-order valence-corrected chi connectivity index (χ4v) is 2.06. The van der Waals surface area contributed by atoms with Crippen LogP contribution in [0.25, 0.3) is 0 Å². The van der Waals surface area contributed by atoms with Crippen LogP contribution in [0.2, 0.25) is 0 Å². The first kappa shape index (κ1) is 14.0. The highest BCUT2D eigenvalue weighted by atomic mass is 32.2. The van der Waals surface area contributed by atoms with Crippen molar-refractivity contribution < 1.29 is 9.90 Å². The number of benzene rings is 1. The van der Waals surface area contributed by atoms with Crippen molar-refractivity contribution >= 4 is 34.1 Å². The molecule has 0 atom stereocenters. The van der Waals surface area contributed by atoms with E-state index in [1.807, 2.05) is 27.1 Å². The van der Waals surface area contributed by atoms with Crippen LogP contribution >= 0.6 is 24.0 Å². The zero-order chi connectivity index (χ0) is 13.0. The van der Waals surface area contributed by atoms with Crippen molar-refractivity contribution in [2.75, 3.05) is 19.8 Å². The van der Waals surface area contributed by atoms with E-state index in [4.69, 9.17) is 12.2 Å². The smallest absolute Gasteiger partial charge is 0.176 e. The van der Waals surface area contributed by atoms with E-state index in [-0.39, 0.29) is 17.3 Å². The van der Waals surface area contributed by atoms with Gasteiger partial charge in [-0.05, 0) is 24.6 Å². The second kappa shape index (κ2) is 6.02. The third kappa shape index (κ3) is 4.02. The van der Waals surface area contributed by atoms with Gasteiger partial charge in [-0.2, -0.15) is 0 Å². The van der Waals surface area contributed by atoms with Crippen molar-refractivity contribution in [1.29, 1.82) is 0 Å². The molecule has 0 radical (unpaired) electrons. The quantitative estimate of drug-likeness (QED) is 0.674. The maximum atomic E-state index is 11.8. The van der Waals surface area contributed by atoms with E-state index in [2.05, 4.69) is 0 Å². The van der Waals surface area contributed by atoms with E-state index < -0.39 is 0 Å². The predicted molar refractivity (Wildman–Crippen MR) is 75.9 cm³/mol. The second-order valence-electron chi connectivity index (χ2n) is 3.89. The third-order valence-corrected chi connectivity index (χ3v) is 3.88. The summed E-state index contributed by atoms with van der Waals surface area (Å²) >= 11 is 6.37. The zero-order valence-electron chi connectivity index (χ0n) is 10.1. The highest BCUT2D eigenvalue weighted by Gasteiger charge is 2.12. The lowest BCUT2D eigenvalue weighted by molar-refractivity contribution is 0.102. The van der Waals surface area contributed by atoms with Crippen molar-refractivity contribution in [3.8, 4) is 5.75 Å². The molecule has 1 aromatic rings. The first-order valence-corrected chi connectivity index (χ1v) is 6.48. The fourth-order valence-electron chi connectivity index (χ4n) is 1.21. The standard InChI is InChI=1S/C12H15NO2S2/c1-8-4-5-9(10(14)6-8)11(15)7-17-12(16)13(2)3/h4-6,14H,7H2,1-3H3. The van der Waals surface area contributed by atoms with Crippen LogP contribution in [0.1, 0.15) is 15.9 Å². The highest BCUT2D eigenvalue weighted by molar-refractivity contribution is 8.23. The summed E-state index contributed by atoms with van der Waals surface area (Å²) in [7, 11) is 3.67. The zero-order valence-corrected chi connectivity index (χ0v) is 11.7. The van der Waals surface area contributed by atoms with E-state index in [1.165, 1.54) is 11.8 Å². The number of carbonyl (C=O) groups excluding carboxylic acids is 1. The van der Waals surface area contributed by atoms with Crippen molar-refractivity contribution in [1.82, 2.24) is 4.90 Å². The lowest BCUT2D eigenvalue weighted by Gasteiger charge is -2.12. The number of hydrogen-bond donors (Lipinski definition) is 1. The van der Waals surface area contributed by atoms with Gasteiger partial charge in [0, 0.05) is 14.1 Å². The van der Waals surface area contributed by atoms with Crippen LogP contribution in [0.15, 0.2) is 18.2 Å². The average molecular weight is 269 g/mol. The number of thioether (sulfide) groups is 1. The molecule has 1 aromatic carbocycles. The van der Waals surface area contributed by atoms with Gasteiger partial charge in [0.05, 0.1) is 11.3 Å². The molecule has 0 spiro atoms. The number of ketones is 1. The minimum absolute atomic E-state index is 0.0337. The van der Waals surface area contributed by atoms with Crippen molar-refractivity contribution in [3.05, 3.63) is 29.3 Å². The Balaban J connectivity index is 2.68. The van der Waals surface area contributed by atoms with Crippen LogP contribution in [0.4, 0.5) is 0 Å². The predicted octanol–water partition coefficient (Wildman–Crippen LogP) is 2.46. The fraction of sp³-hybridized carbons (Fsp3) is 0.333. The molecule has 0 unspecified atom stereocenters. The van der Waals surface area contributed by atoms with Crippen LogP contribution in [-0.4, -0.2) is 40.0 Å². The molecule has 1 rings (SSSR count). The van der Waals surface area contributed by atoms with Crippen molar-refractivity contribution in [2.45, 2.75) is 6.92 Å². The normalized spacial score (nSPS) is 10.1. The number of hydrogen-bond acceptors (Lipinski definition) is 4. The molecule has 1 N–H and O–H groups in total. The van der Waals surface area contributed by atoms with Gasteiger partial charge in [-0.3, -0.25) is 4.79 Å². The van der Waals surface area contributed by atoms with Gasteiger partial charge in [0.25, 0.3) is 0 Å². The van der Waals surface area contributed by atoms with Gasteiger partial charge < -0.3 is 10.0 Å². The molecule has 0 aliphatic carbocycles. The molecule has 0 aliphatic heterocycles. The van der Waals surface area contributed by atoms with E-state index in [0.29, 0.717) is 9.88 Å². The molecular formula is C12H15NO2S2. The maximum Gasteiger partial charge on any atom is 0.176 e. The lowest BCUT2D eigenvalue weighted by atomic mass is 10.1. The number of phenolic OH excluding ortho intramolecular Hbond substituents is 1. The monoisotopic (exact) mass is 269 g/mol.